The lowest BCUT2D eigenvalue weighted by Gasteiger charge is -2.12. The Labute approximate surface area is 125 Å². The summed E-state index contributed by atoms with van der Waals surface area (Å²) < 4.78 is 11.3. The summed E-state index contributed by atoms with van der Waals surface area (Å²) in [7, 11) is 1.72. The topological polar surface area (TPSA) is 30.5 Å². The van der Waals surface area contributed by atoms with Gasteiger partial charge in [0, 0.05) is 30.6 Å². The molecule has 0 saturated carbocycles. The summed E-state index contributed by atoms with van der Waals surface area (Å²) in [5.41, 5.74) is 3.66. The number of fused-ring (bicyclic) bond motifs is 1. The average Bonchev–Trinajstić information content (AvgIpc) is 2.86. The minimum atomic E-state index is 0.261. The van der Waals surface area contributed by atoms with E-state index in [2.05, 4.69) is 48.6 Å². The molecule has 2 aromatic rings. The van der Waals surface area contributed by atoms with Crippen molar-refractivity contribution in [2.24, 2.45) is 0 Å². The quantitative estimate of drug-likeness (QED) is 0.913. The zero-order valence-electron chi connectivity index (χ0n) is 12.6. The van der Waals surface area contributed by atoms with E-state index in [1.807, 2.05) is 6.07 Å². The fourth-order valence-electron chi connectivity index (χ4n) is 2.75. The first-order chi connectivity index (χ1) is 10.3. The van der Waals surface area contributed by atoms with Gasteiger partial charge in [0.25, 0.3) is 0 Å². The van der Waals surface area contributed by atoms with Crippen molar-refractivity contribution in [3.8, 4) is 11.5 Å². The van der Waals surface area contributed by atoms with E-state index >= 15 is 0 Å². The maximum absolute atomic E-state index is 5.83. The Balaban J connectivity index is 1.69. The van der Waals surface area contributed by atoms with Gasteiger partial charge in [0.1, 0.15) is 17.6 Å². The molecule has 3 nitrogen and oxygen atoms in total. The fraction of sp³-hybridized carbons (Fsp3) is 0.333. The van der Waals surface area contributed by atoms with Crippen LogP contribution in [-0.2, 0) is 19.5 Å². The predicted octanol–water partition coefficient (Wildman–Crippen LogP) is 3.31. The molecule has 0 saturated heterocycles. The monoisotopic (exact) mass is 283 g/mol. The van der Waals surface area contributed by atoms with Crippen molar-refractivity contribution in [1.29, 1.82) is 0 Å². The molecule has 1 N–H and O–H groups in total. The normalized spacial score (nSPS) is 16.4. The molecule has 0 spiro atoms. The number of hydrogen-bond donors (Lipinski definition) is 1. The van der Waals surface area contributed by atoms with E-state index in [4.69, 9.17) is 9.47 Å². The van der Waals surface area contributed by atoms with Gasteiger partial charge in [0.05, 0.1) is 7.11 Å². The van der Waals surface area contributed by atoms with Crippen molar-refractivity contribution in [1.82, 2.24) is 5.32 Å². The number of rotatable bonds is 5. The summed E-state index contributed by atoms with van der Waals surface area (Å²) in [5, 5.41) is 3.46. The molecular formula is C18H21NO2. The van der Waals surface area contributed by atoms with Crippen molar-refractivity contribution >= 4 is 0 Å². The first-order valence-corrected chi connectivity index (χ1v) is 7.37. The van der Waals surface area contributed by atoms with E-state index in [0.29, 0.717) is 0 Å². The molecule has 1 aliphatic rings. The van der Waals surface area contributed by atoms with E-state index in [-0.39, 0.29) is 6.10 Å². The summed E-state index contributed by atoms with van der Waals surface area (Å²) in [5.74, 6) is 1.94. The summed E-state index contributed by atoms with van der Waals surface area (Å²) >= 11 is 0. The van der Waals surface area contributed by atoms with Gasteiger partial charge in [-0.1, -0.05) is 30.3 Å². The van der Waals surface area contributed by atoms with Crippen molar-refractivity contribution in [2.45, 2.75) is 32.5 Å². The van der Waals surface area contributed by atoms with Gasteiger partial charge < -0.3 is 14.8 Å². The van der Waals surface area contributed by atoms with E-state index in [1.165, 1.54) is 11.1 Å². The molecule has 0 fully saturated rings. The van der Waals surface area contributed by atoms with Crippen LogP contribution in [0, 0.1) is 0 Å². The lowest BCUT2D eigenvalue weighted by molar-refractivity contribution is 0.254. The van der Waals surface area contributed by atoms with E-state index in [0.717, 1.165) is 36.6 Å². The van der Waals surface area contributed by atoms with Crippen molar-refractivity contribution in [3.63, 3.8) is 0 Å². The van der Waals surface area contributed by atoms with Crippen molar-refractivity contribution in [2.75, 3.05) is 7.11 Å². The Morgan fingerprint density at radius 3 is 2.76 bits per heavy atom. The molecular weight excluding hydrogens is 262 g/mol. The smallest absolute Gasteiger partial charge is 0.123 e. The van der Waals surface area contributed by atoms with Gasteiger partial charge in [-0.3, -0.25) is 0 Å². The lowest BCUT2D eigenvalue weighted by atomic mass is 10.1. The molecule has 3 rings (SSSR count). The van der Waals surface area contributed by atoms with Gasteiger partial charge in [-0.15, -0.1) is 0 Å². The third-order valence-electron chi connectivity index (χ3n) is 3.79. The predicted molar refractivity (Wildman–Crippen MR) is 83.8 cm³/mol. The molecule has 0 amide bonds. The third kappa shape index (κ3) is 3.19. The van der Waals surface area contributed by atoms with Gasteiger partial charge >= 0.3 is 0 Å². The van der Waals surface area contributed by atoms with Gasteiger partial charge in [0.2, 0.25) is 0 Å². The van der Waals surface area contributed by atoms with Crippen LogP contribution in [0.25, 0.3) is 0 Å². The van der Waals surface area contributed by atoms with Crippen LogP contribution in [0.3, 0.4) is 0 Å². The Kier molecular flexibility index (Phi) is 4.11. The Morgan fingerprint density at radius 2 is 2.00 bits per heavy atom. The standard InChI is InChI=1S/C18H21NO2/c1-13-8-15-9-17(20-2)16(10-18(15)21-13)12-19-11-14-6-4-3-5-7-14/h3-7,9-10,13,19H,8,11-12H2,1-2H3. The van der Waals surface area contributed by atoms with E-state index in [1.54, 1.807) is 7.11 Å². The Morgan fingerprint density at radius 1 is 1.19 bits per heavy atom. The van der Waals surface area contributed by atoms with Crippen LogP contribution in [-0.4, -0.2) is 13.2 Å². The Bertz CT molecular complexity index is 610. The van der Waals surface area contributed by atoms with Crippen LogP contribution in [0.1, 0.15) is 23.6 Å². The summed E-state index contributed by atoms with van der Waals surface area (Å²) in [6.45, 7) is 3.71. The summed E-state index contributed by atoms with van der Waals surface area (Å²) in [4.78, 5) is 0. The van der Waals surface area contributed by atoms with Crippen molar-refractivity contribution in [3.05, 3.63) is 59.2 Å². The molecule has 110 valence electrons. The molecule has 3 heteroatoms. The largest absolute Gasteiger partial charge is 0.496 e. The molecule has 1 aliphatic heterocycles. The maximum Gasteiger partial charge on any atom is 0.123 e. The van der Waals surface area contributed by atoms with Gasteiger partial charge in [-0.05, 0) is 24.6 Å². The van der Waals surface area contributed by atoms with Gasteiger partial charge in [-0.2, -0.15) is 0 Å². The minimum Gasteiger partial charge on any atom is -0.496 e. The van der Waals surface area contributed by atoms with E-state index in [9.17, 15) is 0 Å². The average molecular weight is 283 g/mol. The second-order valence-electron chi connectivity index (χ2n) is 5.49. The molecule has 1 heterocycles. The summed E-state index contributed by atoms with van der Waals surface area (Å²) in [6, 6.07) is 14.6. The molecule has 0 aliphatic carbocycles. The number of hydrogen-bond acceptors (Lipinski definition) is 3. The van der Waals surface area contributed by atoms with Gasteiger partial charge in [0.15, 0.2) is 0 Å². The van der Waals surface area contributed by atoms with Crippen molar-refractivity contribution < 1.29 is 9.47 Å². The SMILES string of the molecule is COc1cc2c(cc1CNCc1ccccc1)OC(C)C2. The zero-order chi connectivity index (χ0) is 14.7. The number of nitrogens with one attached hydrogen (secondary N) is 1. The molecule has 0 radical (unpaired) electrons. The molecule has 0 aromatic heterocycles. The molecule has 1 unspecified atom stereocenters. The zero-order valence-corrected chi connectivity index (χ0v) is 12.6. The number of ether oxygens (including phenoxy) is 2. The fourth-order valence-corrected chi connectivity index (χ4v) is 2.75. The second-order valence-corrected chi connectivity index (χ2v) is 5.49. The Hall–Kier alpha value is -2.00. The molecule has 1 atom stereocenters. The van der Waals surface area contributed by atoms with Crippen LogP contribution in [0.4, 0.5) is 0 Å². The highest BCUT2D eigenvalue weighted by Crippen LogP contribution is 2.34. The first kappa shape index (κ1) is 14.0. The highest BCUT2D eigenvalue weighted by molar-refractivity contribution is 5.48. The van der Waals surface area contributed by atoms with E-state index < -0.39 is 0 Å². The van der Waals surface area contributed by atoms with Crippen LogP contribution in [0.2, 0.25) is 0 Å². The first-order valence-electron chi connectivity index (χ1n) is 7.37. The summed E-state index contributed by atoms with van der Waals surface area (Å²) in [6.07, 6.45) is 1.22. The third-order valence-corrected chi connectivity index (χ3v) is 3.79. The molecule has 21 heavy (non-hydrogen) atoms. The lowest BCUT2D eigenvalue weighted by Crippen LogP contribution is -2.13. The van der Waals surface area contributed by atoms with Gasteiger partial charge in [-0.25, -0.2) is 0 Å². The highest BCUT2D eigenvalue weighted by Gasteiger charge is 2.21. The number of methoxy groups -OCH3 is 1. The van der Waals surface area contributed by atoms with Crippen LogP contribution >= 0.6 is 0 Å². The molecule has 0 bridgehead atoms. The van der Waals surface area contributed by atoms with Crippen LogP contribution in [0.15, 0.2) is 42.5 Å². The second kappa shape index (κ2) is 6.19. The number of benzene rings is 2. The maximum atomic E-state index is 5.83. The van der Waals surface area contributed by atoms with Crippen LogP contribution < -0.4 is 14.8 Å². The minimum absolute atomic E-state index is 0.261. The molecule has 2 aromatic carbocycles. The van der Waals surface area contributed by atoms with Crippen LogP contribution in [0.5, 0.6) is 11.5 Å². The highest BCUT2D eigenvalue weighted by atomic mass is 16.5.